The predicted molar refractivity (Wildman–Crippen MR) is 112 cm³/mol. The Morgan fingerprint density at radius 3 is 2.69 bits per heavy atom. The van der Waals surface area contributed by atoms with Gasteiger partial charge in [0.1, 0.15) is 17.0 Å². The highest BCUT2D eigenvalue weighted by Crippen LogP contribution is 2.39. The Labute approximate surface area is 181 Å². The van der Waals surface area contributed by atoms with Gasteiger partial charge in [0.15, 0.2) is 5.65 Å². The van der Waals surface area contributed by atoms with E-state index in [4.69, 9.17) is 0 Å². The number of aromatic amines is 1. The largest absolute Gasteiger partial charge is 0.418 e. The number of nitrogens with one attached hydrogen (secondary N) is 3. The minimum absolute atomic E-state index is 0.0406. The van der Waals surface area contributed by atoms with Crippen molar-refractivity contribution in [1.82, 2.24) is 30.2 Å². The van der Waals surface area contributed by atoms with E-state index in [2.05, 4.69) is 30.6 Å². The number of hydrogen-bond acceptors (Lipinski definition) is 6. The van der Waals surface area contributed by atoms with Gasteiger partial charge < -0.3 is 20.5 Å². The molecule has 0 radical (unpaired) electrons. The van der Waals surface area contributed by atoms with Crippen LogP contribution in [-0.4, -0.2) is 63.0 Å². The van der Waals surface area contributed by atoms with Crippen molar-refractivity contribution < 1.29 is 18.0 Å². The van der Waals surface area contributed by atoms with Crippen LogP contribution < -0.4 is 10.6 Å². The van der Waals surface area contributed by atoms with E-state index in [1.54, 1.807) is 4.90 Å². The first-order valence-electron chi connectivity index (χ1n) is 10.6. The smallest absolute Gasteiger partial charge is 0.366 e. The SMILES string of the molecule is O=C(c1cnc2c(-c3cc(N[C@H]4CCCNC4)ncc3C(F)(F)F)c[nH]c2n1)N1CCC1. The lowest BCUT2D eigenvalue weighted by atomic mass is 10.0. The number of likely N-dealkylation sites (tertiary alicyclic amines) is 1. The average Bonchev–Trinajstić information content (AvgIpc) is 3.15. The highest BCUT2D eigenvalue weighted by molar-refractivity contribution is 5.97. The lowest BCUT2D eigenvalue weighted by Gasteiger charge is -2.30. The summed E-state index contributed by atoms with van der Waals surface area (Å²) in [7, 11) is 0. The van der Waals surface area contributed by atoms with Gasteiger partial charge in [-0.15, -0.1) is 0 Å². The Hall–Kier alpha value is -3.21. The van der Waals surface area contributed by atoms with Crippen molar-refractivity contribution in [2.75, 3.05) is 31.5 Å². The standard InChI is InChI=1S/C21H22F3N7O/c22-21(23,24)15-10-26-17(29-12-3-1-4-25-8-12)7-13(15)14-9-28-19-18(14)27-11-16(30-19)20(32)31-5-2-6-31/h7,9-12,25H,1-6,8H2,(H,26,29)(H,28,30)/t12-/m0/s1. The normalized spacial score (nSPS) is 19.1. The molecule has 5 heterocycles. The number of aromatic nitrogens is 4. The summed E-state index contributed by atoms with van der Waals surface area (Å²) >= 11 is 0. The summed E-state index contributed by atoms with van der Waals surface area (Å²) in [6, 6.07) is 1.50. The molecule has 2 fully saturated rings. The number of hydrogen-bond donors (Lipinski definition) is 3. The molecule has 0 aliphatic carbocycles. The maximum Gasteiger partial charge on any atom is 0.418 e. The molecule has 2 saturated heterocycles. The van der Waals surface area contributed by atoms with Gasteiger partial charge in [-0.05, 0) is 31.9 Å². The zero-order chi connectivity index (χ0) is 22.3. The van der Waals surface area contributed by atoms with Gasteiger partial charge in [0.25, 0.3) is 5.91 Å². The summed E-state index contributed by atoms with van der Waals surface area (Å²) in [5.74, 6) is 0.142. The number of alkyl halides is 3. The van der Waals surface area contributed by atoms with Crippen LogP contribution in [0.15, 0.2) is 24.7 Å². The van der Waals surface area contributed by atoms with E-state index < -0.39 is 11.7 Å². The molecule has 1 atom stereocenters. The second kappa shape index (κ2) is 8.05. The van der Waals surface area contributed by atoms with Crippen LogP contribution in [0.1, 0.15) is 35.3 Å². The van der Waals surface area contributed by atoms with Gasteiger partial charge in [0.05, 0.1) is 11.8 Å². The lowest BCUT2D eigenvalue weighted by molar-refractivity contribution is -0.137. The summed E-state index contributed by atoms with van der Waals surface area (Å²) in [5, 5.41) is 6.49. The number of halogens is 3. The van der Waals surface area contributed by atoms with Crippen LogP contribution in [0.4, 0.5) is 19.0 Å². The van der Waals surface area contributed by atoms with Gasteiger partial charge in [0, 0.05) is 49.2 Å². The van der Waals surface area contributed by atoms with Gasteiger partial charge in [-0.1, -0.05) is 0 Å². The van der Waals surface area contributed by atoms with Gasteiger partial charge in [0.2, 0.25) is 0 Å². The molecule has 0 unspecified atom stereocenters. The Kier molecular flexibility index (Phi) is 5.20. The van der Waals surface area contributed by atoms with E-state index in [0.29, 0.717) is 18.9 Å². The Bertz CT molecular complexity index is 1150. The van der Waals surface area contributed by atoms with Crippen molar-refractivity contribution in [2.45, 2.75) is 31.5 Å². The van der Waals surface area contributed by atoms with Crippen molar-refractivity contribution >= 4 is 22.9 Å². The maximum atomic E-state index is 13.8. The zero-order valence-electron chi connectivity index (χ0n) is 17.2. The van der Waals surface area contributed by atoms with E-state index in [0.717, 1.165) is 38.5 Å². The number of fused-ring (bicyclic) bond motifs is 1. The van der Waals surface area contributed by atoms with Crippen molar-refractivity contribution in [3.8, 4) is 11.1 Å². The van der Waals surface area contributed by atoms with Crippen LogP contribution in [0.25, 0.3) is 22.3 Å². The second-order valence-electron chi connectivity index (χ2n) is 8.10. The number of H-pyrrole nitrogens is 1. The van der Waals surface area contributed by atoms with Gasteiger partial charge in [-0.25, -0.2) is 15.0 Å². The molecule has 0 saturated carbocycles. The Morgan fingerprint density at radius 2 is 2.00 bits per heavy atom. The first-order chi connectivity index (χ1) is 15.4. The predicted octanol–water partition coefficient (Wildman–Crippen LogP) is 3.05. The van der Waals surface area contributed by atoms with E-state index in [-0.39, 0.29) is 39.9 Å². The van der Waals surface area contributed by atoms with Crippen molar-refractivity contribution in [3.05, 3.63) is 35.9 Å². The third kappa shape index (κ3) is 3.88. The fourth-order valence-corrected chi connectivity index (χ4v) is 4.05. The minimum atomic E-state index is -4.59. The van der Waals surface area contributed by atoms with Crippen LogP contribution in [0.5, 0.6) is 0 Å². The third-order valence-electron chi connectivity index (χ3n) is 5.89. The molecule has 168 valence electrons. The Morgan fingerprint density at radius 1 is 1.16 bits per heavy atom. The van der Waals surface area contributed by atoms with Crippen molar-refractivity contribution in [1.29, 1.82) is 0 Å². The van der Waals surface area contributed by atoms with Crippen LogP contribution in [0.2, 0.25) is 0 Å². The number of anilines is 1. The number of amides is 1. The number of piperidine rings is 1. The monoisotopic (exact) mass is 445 g/mol. The van der Waals surface area contributed by atoms with Crippen molar-refractivity contribution in [3.63, 3.8) is 0 Å². The van der Waals surface area contributed by atoms with E-state index in [1.165, 1.54) is 18.5 Å². The zero-order valence-corrected chi connectivity index (χ0v) is 17.2. The molecule has 3 N–H and O–H groups in total. The first-order valence-corrected chi connectivity index (χ1v) is 10.6. The number of nitrogens with zero attached hydrogens (tertiary/aromatic N) is 4. The lowest BCUT2D eigenvalue weighted by Crippen LogP contribution is -2.42. The molecule has 11 heteroatoms. The molecular formula is C21H22F3N7O. The van der Waals surface area contributed by atoms with Crippen molar-refractivity contribution in [2.24, 2.45) is 0 Å². The summed E-state index contributed by atoms with van der Waals surface area (Å²) in [4.78, 5) is 29.5. The van der Waals surface area contributed by atoms with Crippen LogP contribution in [-0.2, 0) is 6.18 Å². The molecule has 5 rings (SSSR count). The quantitative estimate of drug-likeness (QED) is 0.571. The molecule has 2 aliphatic heterocycles. The highest BCUT2D eigenvalue weighted by Gasteiger charge is 2.35. The molecule has 0 aromatic carbocycles. The van der Waals surface area contributed by atoms with Gasteiger partial charge in [-0.2, -0.15) is 13.2 Å². The first kappa shape index (κ1) is 20.7. The third-order valence-corrected chi connectivity index (χ3v) is 5.89. The maximum absolute atomic E-state index is 13.8. The molecule has 3 aromatic rings. The van der Waals surface area contributed by atoms with E-state index in [9.17, 15) is 18.0 Å². The summed E-state index contributed by atoms with van der Waals surface area (Å²) in [6.07, 6.45) is 1.88. The molecule has 8 nitrogen and oxygen atoms in total. The molecular weight excluding hydrogens is 423 g/mol. The summed E-state index contributed by atoms with van der Waals surface area (Å²) in [5.41, 5.74) is 0.0716. The van der Waals surface area contributed by atoms with Crippen LogP contribution in [0, 0.1) is 0 Å². The topological polar surface area (TPSA) is 98.8 Å². The molecule has 1 amide bonds. The summed E-state index contributed by atoms with van der Waals surface area (Å²) < 4.78 is 41.3. The van der Waals surface area contributed by atoms with Crippen LogP contribution in [0.3, 0.4) is 0 Å². The molecule has 0 bridgehead atoms. The van der Waals surface area contributed by atoms with Gasteiger partial charge in [-0.3, -0.25) is 4.79 Å². The van der Waals surface area contributed by atoms with E-state index in [1.807, 2.05) is 0 Å². The Balaban J connectivity index is 1.52. The molecule has 2 aliphatic rings. The number of rotatable bonds is 4. The van der Waals surface area contributed by atoms with Crippen LogP contribution >= 0.6 is 0 Å². The fraction of sp³-hybridized carbons (Fsp3) is 0.429. The molecule has 0 spiro atoms. The summed E-state index contributed by atoms with van der Waals surface area (Å²) in [6.45, 7) is 3.00. The van der Waals surface area contributed by atoms with E-state index >= 15 is 0 Å². The minimum Gasteiger partial charge on any atom is -0.366 e. The van der Waals surface area contributed by atoms with Gasteiger partial charge >= 0.3 is 6.18 Å². The highest BCUT2D eigenvalue weighted by atomic mass is 19.4. The second-order valence-corrected chi connectivity index (χ2v) is 8.10. The number of carbonyl (C=O) groups excluding carboxylic acids is 1. The number of pyridine rings is 1. The molecule has 32 heavy (non-hydrogen) atoms. The molecule has 3 aromatic heterocycles. The average molecular weight is 445 g/mol. The number of carbonyl (C=O) groups is 1. The fourth-order valence-electron chi connectivity index (χ4n) is 4.05.